The number of rotatable bonds is 6. The first-order valence-corrected chi connectivity index (χ1v) is 11.5. The molecule has 0 spiro atoms. The van der Waals surface area contributed by atoms with Crippen molar-refractivity contribution in [2.75, 3.05) is 9.44 Å². The molecule has 0 unspecified atom stereocenters. The van der Waals surface area contributed by atoms with Gasteiger partial charge in [0.2, 0.25) is 0 Å². The number of halogens is 1. The molecule has 0 saturated carbocycles. The normalized spacial score (nSPS) is 11.8. The molecule has 6 nitrogen and oxygen atoms in total. The molecule has 0 atom stereocenters. The SMILES string of the molecule is Cc1ccc(S(=O)(=O)Nc2cccc(NS(=O)(=O)c3ccccc3F)c2)cc1C. The Kier molecular flexibility index (Phi) is 5.63. The minimum Gasteiger partial charge on any atom is -0.280 e. The van der Waals surface area contributed by atoms with E-state index in [2.05, 4.69) is 9.44 Å². The first-order chi connectivity index (χ1) is 13.6. The average molecular weight is 435 g/mol. The monoisotopic (exact) mass is 434 g/mol. The van der Waals surface area contributed by atoms with Crippen molar-refractivity contribution in [3.63, 3.8) is 0 Å². The molecule has 3 aromatic rings. The summed E-state index contributed by atoms with van der Waals surface area (Å²) in [5.41, 5.74) is 2.05. The molecule has 0 aliphatic rings. The minimum atomic E-state index is -4.17. The molecule has 0 saturated heterocycles. The van der Waals surface area contributed by atoms with Gasteiger partial charge in [-0.05, 0) is 67.4 Å². The summed E-state index contributed by atoms with van der Waals surface area (Å²) in [6, 6.07) is 15.5. The molecule has 0 aliphatic heterocycles. The third kappa shape index (κ3) is 4.75. The number of sulfonamides is 2. The Morgan fingerprint density at radius 3 is 1.93 bits per heavy atom. The molecular formula is C20H19FN2O4S2. The summed E-state index contributed by atoms with van der Waals surface area (Å²) in [5.74, 6) is -0.883. The van der Waals surface area contributed by atoms with Gasteiger partial charge in [0.25, 0.3) is 20.0 Å². The number of hydrogen-bond acceptors (Lipinski definition) is 4. The Morgan fingerprint density at radius 2 is 1.31 bits per heavy atom. The second-order valence-electron chi connectivity index (χ2n) is 6.47. The number of hydrogen-bond donors (Lipinski definition) is 2. The van der Waals surface area contributed by atoms with Gasteiger partial charge >= 0.3 is 0 Å². The van der Waals surface area contributed by atoms with Gasteiger partial charge in [-0.15, -0.1) is 0 Å². The highest BCUT2D eigenvalue weighted by Gasteiger charge is 2.19. The second-order valence-corrected chi connectivity index (χ2v) is 9.80. The maximum Gasteiger partial charge on any atom is 0.264 e. The molecule has 3 aromatic carbocycles. The standard InChI is InChI=1S/C20H19FN2O4S2/c1-14-10-11-18(12-15(14)2)28(24,25)22-16-6-5-7-17(13-16)23-29(26,27)20-9-4-3-8-19(20)21/h3-13,22-23H,1-2H3. The molecule has 29 heavy (non-hydrogen) atoms. The number of aryl methyl sites for hydroxylation is 2. The van der Waals surface area contributed by atoms with Crippen LogP contribution in [0.3, 0.4) is 0 Å². The lowest BCUT2D eigenvalue weighted by Gasteiger charge is -2.12. The van der Waals surface area contributed by atoms with E-state index in [0.29, 0.717) is 0 Å². The molecule has 0 aliphatic carbocycles. The van der Waals surface area contributed by atoms with Crippen LogP contribution in [0.5, 0.6) is 0 Å². The predicted octanol–water partition coefficient (Wildman–Crippen LogP) is 4.04. The van der Waals surface area contributed by atoms with Gasteiger partial charge in [0.05, 0.1) is 16.3 Å². The van der Waals surface area contributed by atoms with E-state index in [1.54, 1.807) is 12.1 Å². The van der Waals surface area contributed by atoms with Crippen molar-refractivity contribution in [1.29, 1.82) is 0 Å². The molecule has 0 heterocycles. The fourth-order valence-electron chi connectivity index (χ4n) is 2.61. The first-order valence-electron chi connectivity index (χ1n) is 8.56. The van der Waals surface area contributed by atoms with Crippen molar-refractivity contribution in [2.45, 2.75) is 23.6 Å². The summed E-state index contributed by atoms with van der Waals surface area (Å²) in [7, 11) is -8.03. The number of nitrogens with one attached hydrogen (secondary N) is 2. The quantitative estimate of drug-likeness (QED) is 0.612. The molecule has 2 N–H and O–H groups in total. The summed E-state index contributed by atoms with van der Waals surface area (Å²) >= 11 is 0. The van der Waals surface area contributed by atoms with Crippen molar-refractivity contribution in [3.05, 3.63) is 83.7 Å². The van der Waals surface area contributed by atoms with E-state index in [9.17, 15) is 21.2 Å². The molecule has 3 rings (SSSR count). The van der Waals surface area contributed by atoms with Crippen LogP contribution in [0.1, 0.15) is 11.1 Å². The van der Waals surface area contributed by atoms with Crippen LogP contribution in [0.4, 0.5) is 15.8 Å². The van der Waals surface area contributed by atoms with E-state index in [4.69, 9.17) is 0 Å². The fraction of sp³-hybridized carbons (Fsp3) is 0.100. The summed E-state index contributed by atoms with van der Waals surface area (Å²) in [4.78, 5) is -0.404. The van der Waals surface area contributed by atoms with E-state index in [0.717, 1.165) is 23.3 Å². The average Bonchev–Trinajstić information content (AvgIpc) is 2.63. The van der Waals surface area contributed by atoms with Crippen LogP contribution in [-0.2, 0) is 20.0 Å². The zero-order chi connectivity index (χ0) is 21.2. The van der Waals surface area contributed by atoms with Crippen molar-refractivity contribution in [1.82, 2.24) is 0 Å². The van der Waals surface area contributed by atoms with E-state index in [1.807, 2.05) is 13.8 Å². The molecule has 0 amide bonds. The lowest BCUT2D eigenvalue weighted by Crippen LogP contribution is -2.16. The Morgan fingerprint density at radius 1 is 0.690 bits per heavy atom. The topological polar surface area (TPSA) is 92.3 Å². The molecule has 0 radical (unpaired) electrons. The van der Waals surface area contributed by atoms with E-state index in [1.165, 1.54) is 42.5 Å². The van der Waals surface area contributed by atoms with Gasteiger partial charge < -0.3 is 0 Å². The summed E-state index contributed by atoms with van der Waals surface area (Å²) in [6.07, 6.45) is 0. The second kappa shape index (κ2) is 7.84. The van der Waals surface area contributed by atoms with Crippen molar-refractivity contribution in [2.24, 2.45) is 0 Å². The highest BCUT2D eigenvalue weighted by atomic mass is 32.2. The first kappa shape index (κ1) is 20.8. The van der Waals surface area contributed by atoms with Crippen LogP contribution >= 0.6 is 0 Å². The maximum atomic E-state index is 13.8. The Labute approximate surface area is 169 Å². The molecule has 152 valence electrons. The highest BCUT2D eigenvalue weighted by molar-refractivity contribution is 7.93. The third-order valence-electron chi connectivity index (χ3n) is 4.28. The van der Waals surface area contributed by atoms with Crippen LogP contribution in [0.25, 0.3) is 0 Å². The molecular weight excluding hydrogens is 415 g/mol. The van der Waals surface area contributed by atoms with Crippen molar-refractivity contribution < 1.29 is 21.2 Å². The van der Waals surface area contributed by atoms with Gasteiger partial charge in [-0.3, -0.25) is 9.44 Å². The maximum absolute atomic E-state index is 13.8. The molecule has 0 bridgehead atoms. The summed E-state index contributed by atoms with van der Waals surface area (Å²) < 4.78 is 68.6. The van der Waals surface area contributed by atoms with Gasteiger partial charge in [-0.1, -0.05) is 24.3 Å². The lowest BCUT2D eigenvalue weighted by atomic mass is 10.1. The summed E-state index contributed by atoms with van der Waals surface area (Å²) in [5, 5.41) is 0. The molecule has 9 heteroatoms. The van der Waals surface area contributed by atoms with E-state index < -0.39 is 30.8 Å². The number of benzene rings is 3. The van der Waals surface area contributed by atoms with Crippen LogP contribution in [0, 0.1) is 19.7 Å². The smallest absolute Gasteiger partial charge is 0.264 e. The van der Waals surface area contributed by atoms with Crippen LogP contribution in [0.2, 0.25) is 0 Å². The third-order valence-corrected chi connectivity index (χ3v) is 7.08. The van der Waals surface area contributed by atoms with Gasteiger partial charge in [0, 0.05) is 0 Å². The lowest BCUT2D eigenvalue weighted by molar-refractivity contribution is 0.570. The van der Waals surface area contributed by atoms with Gasteiger partial charge in [0.15, 0.2) is 0 Å². The van der Waals surface area contributed by atoms with Crippen molar-refractivity contribution >= 4 is 31.4 Å². The van der Waals surface area contributed by atoms with Crippen LogP contribution < -0.4 is 9.44 Å². The number of anilines is 2. The molecule has 0 fully saturated rings. The summed E-state index contributed by atoms with van der Waals surface area (Å²) in [6.45, 7) is 3.69. The van der Waals surface area contributed by atoms with Crippen molar-refractivity contribution in [3.8, 4) is 0 Å². The van der Waals surface area contributed by atoms with Gasteiger partial charge in [0.1, 0.15) is 10.7 Å². The van der Waals surface area contributed by atoms with E-state index in [-0.39, 0.29) is 16.3 Å². The fourth-order valence-corrected chi connectivity index (χ4v) is 4.88. The van der Waals surface area contributed by atoms with Crippen LogP contribution in [0.15, 0.2) is 76.5 Å². The zero-order valence-corrected chi connectivity index (χ0v) is 17.3. The van der Waals surface area contributed by atoms with Crippen LogP contribution in [-0.4, -0.2) is 16.8 Å². The van der Waals surface area contributed by atoms with Gasteiger partial charge in [-0.2, -0.15) is 0 Å². The predicted molar refractivity (Wildman–Crippen MR) is 110 cm³/mol. The zero-order valence-electron chi connectivity index (χ0n) is 15.7. The Balaban J connectivity index is 1.86. The van der Waals surface area contributed by atoms with Gasteiger partial charge in [-0.25, -0.2) is 21.2 Å². The van der Waals surface area contributed by atoms with E-state index >= 15 is 0 Å². The highest BCUT2D eigenvalue weighted by Crippen LogP contribution is 2.23. The Bertz CT molecular complexity index is 1270. The Hall–Kier alpha value is -2.91. The minimum absolute atomic E-state index is 0.0912. The largest absolute Gasteiger partial charge is 0.280 e. The molecule has 0 aromatic heterocycles.